The van der Waals surface area contributed by atoms with Crippen LogP contribution in [0.2, 0.25) is 0 Å². The van der Waals surface area contributed by atoms with Gasteiger partial charge in [-0.15, -0.1) is 0 Å². The number of aromatic nitrogens is 3. The number of sulfonamides is 1. The Morgan fingerprint density at radius 2 is 2.30 bits per heavy atom. The summed E-state index contributed by atoms with van der Waals surface area (Å²) >= 11 is 0. The van der Waals surface area contributed by atoms with Crippen LogP contribution in [0.25, 0.3) is 0 Å². The van der Waals surface area contributed by atoms with Crippen molar-refractivity contribution in [1.82, 2.24) is 19.7 Å². The first-order valence-electron chi connectivity index (χ1n) is 5.60. The largest absolute Gasteiger partial charge is 0.481 e. The van der Waals surface area contributed by atoms with Gasteiger partial charge in [-0.05, 0) is 0 Å². The SMILES string of the molecule is O=C(O)CCn1cc(S(=O)(=O)NCc2ccon2)cn1. The summed E-state index contributed by atoms with van der Waals surface area (Å²) in [5, 5.41) is 15.9. The highest BCUT2D eigenvalue weighted by molar-refractivity contribution is 7.89. The highest BCUT2D eigenvalue weighted by Crippen LogP contribution is 2.08. The summed E-state index contributed by atoms with van der Waals surface area (Å²) < 4.78 is 32.1. The number of aliphatic carboxylic acids is 1. The second-order valence-corrected chi connectivity index (χ2v) is 5.67. The molecule has 0 aliphatic heterocycles. The molecule has 0 bridgehead atoms. The standard InChI is InChI=1S/C10H12N4O5S/c15-10(16)1-3-14-7-9(6-11-14)20(17,18)12-5-8-2-4-19-13-8/h2,4,6-7,12H,1,3,5H2,(H,15,16). The molecule has 2 N–H and O–H groups in total. The molecule has 2 aromatic rings. The third-order valence-electron chi connectivity index (χ3n) is 2.41. The van der Waals surface area contributed by atoms with Crippen molar-refractivity contribution >= 4 is 16.0 Å². The van der Waals surface area contributed by atoms with E-state index < -0.39 is 16.0 Å². The number of carboxylic acids is 1. The van der Waals surface area contributed by atoms with E-state index in [-0.39, 0.29) is 24.4 Å². The van der Waals surface area contributed by atoms with Crippen LogP contribution < -0.4 is 4.72 Å². The summed E-state index contributed by atoms with van der Waals surface area (Å²) in [5.74, 6) is -0.978. The molecule has 0 unspecified atom stereocenters. The molecular formula is C10H12N4O5S. The van der Waals surface area contributed by atoms with Crippen molar-refractivity contribution in [2.75, 3.05) is 0 Å². The lowest BCUT2D eigenvalue weighted by Crippen LogP contribution is -2.23. The van der Waals surface area contributed by atoms with E-state index in [4.69, 9.17) is 5.11 Å². The number of carbonyl (C=O) groups is 1. The Balaban J connectivity index is 2.00. The Kier molecular flexibility index (Phi) is 4.15. The summed E-state index contributed by atoms with van der Waals surface area (Å²) in [5.41, 5.74) is 0.451. The fraction of sp³-hybridized carbons (Fsp3) is 0.300. The average molecular weight is 300 g/mol. The number of carboxylic acid groups (broad SMARTS) is 1. The molecule has 2 rings (SSSR count). The number of hydrogen-bond acceptors (Lipinski definition) is 6. The first-order chi connectivity index (χ1) is 9.47. The summed E-state index contributed by atoms with van der Waals surface area (Å²) in [7, 11) is -3.72. The van der Waals surface area contributed by atoms with Gasteiger partial charge in [-0.3, -0.25) is 9.48 Å². The van der Waals surface area contributed by atoms with Crippen molar-refractivity contribution in [3.05, 3.63) is 30.4 Å². The summed E-state index contributed by atoms with van der Waals surface area (Å²) in [6, 6.07) is 1.54. The molecule has 9 nitrogen and oxygen atoms in total. The van der Waals surface area contributed by atoms with Crippen LogP contribution in [-0.4, -0.2) is 34.4 Å². The lowest BCUT2D eigenvalue weighted by atomic mass is 10.4. The van der Waals surface area contributed by atoms with Gasteiger partial charge in [0.1, 0.15) is 11.2 Å². The molecule has 0 radical (unpaired) electrons. The van der Waals surface area contributed by atoms with Gasteiger partial charge in [-0.1, -0.05) is 5.16 Å². The van der Waals surface area contributed by atoms with Crippen molar-refractivity contribution in [3.8, 4) is 0 Å². The second-order valence-electron chi connectivity index (χ2n) is 3.90. The monoisotopic (exact) mass is 300 g/mol. The number of nitrogens with zero attached hydrogens (tertiary/aromatic N) is 3. The molecule has 0 aromatic carbocycles. The van der Waals surface area contributed by atoms with E-state index in [9.17, 15) is 13.2 Å². The van der Waals surface area contributed by atoms with Gasteiger partial charge in [0.15, 0.2) is 0 Å². The number of aryl methyl sites for hydroxylation is 1. The van der Waals surface area contributed by atoms with Crippen LogP contribution in [0.4, 0.5) is 0 Å². The maximum atomic E-state index is 11.9. The summed E-state index contributed by atoms with van der Waals surface area (Å²) in [4.78, 5) is 10.4. The minimum atomic E-state index is -3.72. The van der Waals surface area contributed by atoms with Gasteiger partial charge in [-0.25, -0.2) is 13.1 Å². The minimum absolute atomic E-state index is 0.000854. The third kappa shape index (κ3) is 3.65. The quantitative estimate of drug-likeness (QED) is 0.726. The van der Waals surface area contributed by atoms with Gasteiger partial charge < -0.3 is 9.63 Å². The lowest BCUT2D eigenvalue weighted by molar-refractivity contribution is -0.137. The van der Waals surface area contributed by atoms with Crippen molar-refractivity contribution in [2.45, 2.75) is 24.4 Å². The fourth-order valence-corrected chi connectivity index (χ4v) is 2.35. The predicted octanol–water partition coefficient (Wildman–Crippen LogP) is -0.176. The fourth-order valence-electron chi connectivity index (χ4n) is 1.40. The molecule has 0 aliphatic carbocycles. The minimum Gasteiger partial charge on any atom is -0.481 e. The maximum absolute atomic E-state index is 11.9. The van der Waals surface area contributed by atoms with E-state index in [0.717, 1.165) is 6.20 Å². The maximum Gasteiger partial charge on any atom is 0.305 e. The van der Waals surface area contributed by atoms with E-state index in [1.54, 1.807) is 6.07 Å². The molecule has 0 spiro atoms. The van der Waals surface area contributed by atoms with Crippen LogP contribution in [0.3, 0.4) is 0 Å². The smallest absolute Gasteiger partial charge is 0.305 e. The Labute approximate surface area is 114 Å². The summed E-state index contributed by atoms with van der Waals surface area (Å²) in [6.07, 6.45) is 3.64. The molecule has 20 heavy (non-hydrogen) atoms. The van der Waals surface area contributed by atoms with Crippen molar-refractivity contribution in [1.29, 1.82) is 0 Å². The van der Waals surface area contributed by atoms with Crippen LogP contribution in [0, 0.1) is 0 Å². The molecule has 0 aliphatic rings. The first kappa shape index (κ1) is 14.2. The van der Waals surface area contributed by atoms with Crippen LogP contribution in [-0.2, 0) is 27.9 Å². The van der Waals surface area contributed by atoms with Gasteiger partial charge in [0.05, 0.1) is 31.4 Å². The Hall–Kier alpha value is -2.20. The van der Waals surface area contributed by atoms with Gasteiger partial charge in [0, 0.05) is 12.3 Å². The Bertz CT molecular complexity index is 676. The molecule has 0 saturated carbocycles. The second kappa shape index (κ2) is 5.84. The van der Waals surface area contributed by atoms with Crippen LogP contribution >= 0.6 is 0 Å². The Morgan fingerprint density at radius 1 is 1.50 bits per heavy atom. The van der Waals surface area contributed by atoms with Gasteiger partial charge in [0.25, 0.3) is 0 Å². The summed E-state index contributed by atoms with van der Waals surface area (Å²) in [6.45, 7) is 0.104. The topological polar surface area (TPSA) is 127 Å². The lowest BCUT2D eigenvalue weighted by Gasteiger charge is -2.01. The zero-order chi connectivity index (χ0) is 14.6. The van der Waals surface area contributed by atoms with E-state index in [0.29, 0.717) is 5.69 Å². The van der Waals surface area contributed by atoms with Crippen molar-refractivity contribution in [3.63, 3.8) is 0 Å². The Morgan fingerprint density at radius 3 is 2.95 bits per heavy atom. The molecule has 10 heteroatoms. The number of nitrogens with one attached hydrogen (secondary N) is 1. The van der Waals surface area contributed by atoms with E-state index in [2.05, 4.69) is 19.5 Å². The zero-order valence-corrected chi connectivity index (χ0v) is 11.1. The molecule has 0 amide bonds. The highest BCUT2D eigenvalue weighted by atomic mass is 32.2. The van der Waals surface area contributed by atoms with Gasteiger partial charge >= 0.3 is 5.97 Å². The highest BCUT2D eigenvalue weighted by Gasteiger charge is 2.17. The van der Waals surface area contributed by atoms with Gasteiger partial charge in [-0.2, -0.15) is 5.10 Å². The molecule has 0 fully saturated rings. The van der Waals surface area contributed by atoms with E-state index in [1.165, 1.54) is 17.1 Å². The average Bonchev–Trinajstić information content (AvgIpc) is 3.05. The van der Waals surface area contributed by atoms with E-state index in [1.807, 2.05) is 0 Å². The van der Waals surface area contributed by atoms with Crippen LogP contribution in [0.1, 0.15) is 12.1 Å². The molecule has 108 valence electrons. The normalized spacial score (nSPS) is 11.6. The predicted molar refractivity (Wildman–Crippen MR) is 65.0 cm³/mol. The first-order valence-corrected chi connectivity index (χ1v) is 7.09. The molecular weight excluding hydrogens is 288 g/mol. The molecule has 0 saturated heterocycles. The van der Waals surface area contributed by atoms with E-state index >= 15 is 0 Å². The number of rotatable bonds is 7. The molecule has 0 atom stereocenters. The van der Waals surface area contributed by atoms with Crippen molar-refractivity contribution in [2.24, 2.45) is 0 Å². The van der Waals surface area contributed by atoms with Crippen LogP contribution in [0.15, 0.2) is 34.1 Å². The molecule has 2 heterocycles. The van der Waals surface area contributed by atoms with Crippen molar-refractivity contribution < 1.29 is 22.8 Å². The number of hydrogen-bond donors (Lipinski definition) is 2. The van der Waals surface area contributed by atoms with Gasteiger partial charge in [0.2, 0.25) is 10.0 Å². The third-order valence-corrected chi connectivity index (χ3v) is 3.76. The zero-order valence-electron chi connectivity index (χ0n) is 10.3. The molecule has 2 aromatic heterocycles. The van der Waals surface area contributed by atoms with Crippen LogP contribution in [0.5, 0.6) is 0 Å².